The molecule has 25 heteroatoms. The summed E-state index contributed by atoms with van der Waals surface area (Å²) in [6.07, 6.45) is -3.92. The molecular weight excluding hydrogens is 1050 g/mol. The van der Waals surface area contributed by atoms with Gasteiger partial charge in [-0.1, -0.05) is 42.1 Å². The second-order valence-corrected chi connectivity index (χ2v) is 18.3. The molecule has 0 saturated carbocycles. The summed E-state index contributed by atoms with van der Waals surface area (Å²) in [5, 5.41) is 16.9. The lowest BCUT2D eigenvalue weighted by atomic mass is 10.1. The summed E-state index contributed by atoms with van der Waals surface area (Å²) in [4.78, 5) is 69.6. The number of thioether (sulfide) groups is 1. The topological polar surface area (TPSA) is 257 Å². The van der Waals surface area contributed by atoms with Crippen LogP contribution in [0.5, 0.6) is 11.5 Å². The van der Waals surface area contributed by atoms with E-state index >= 15 is 0 Å². The highest BCUT2D eigenvalue weighted by atomic mass is 32.2. The molecule has 0 radical (unpaired) electrons. The van der Waals surface area contributed by atoms with Gasteiger partial charge in [-0.15, -0.1) is 0 Å². The Hall–Kier alpha value is -7.97. The Kier molecular flexibility index (Phi) is 19.0. The summed E-state index contributed by atoms with van der Waals surface area (Å²) in [7, 11) is 0. The molecule has 0 unspecified atom stereocenters. The molecule has 0 aliphatic carbocycles. The summed E-state index contributed by atoms with van der Waals surface area (Å²) in [5.74, 6) is -4.76. The number of alkyl halides is 3. The number of aliphatic hydroxyl groups is 1. The number of imidazole rings is 1. The van der Waals surface area contributed by atoms with Gasteiger partial charge in [0.2, 0.25) is 0 Å². The highest BCUT2D eigenvalue weighted by Gasteiger charge is 2.42. The maximum Gasteiger partial charge on any atom is 0.491 e. The molecule has 1 saturated heterocycles. The number of nitrogen functional groups attached to an aromatic ring is 1. The molecule has 20 nitrogen and oxygen atoms in total. The van der Waals surface area contributed by atoms with E-state index in [1.54, 1.807) is 43.3 Å². The van der Waals surface area contributed by atoms with Crippen LogP contribution in [-0.2, 0) is 28.5 Å². The van der Waals surface area contributed by atoms with Crippen molar-refractivity contribution in [1.82, 2.24) is 30.5 Å². The number of hydrogen-bond donors (Lipinski definition) is 6. The van der Waals surface area contributed by atoms with Gasteiger partial charge in [0.25, 0.3) is 5.56 Å². The number of esters is 2. The number of piperazine rings is 1. The number of aromatic amines is 2. The van der Waals surface area contributed by atoms with Gasteiger partial charge < -0.3 is 64.8 Å². The normalized spacial score (nSPS) is 15.2. The van der Waals surface area contributed by atoms with Crippen molar-refractivity contribution in [3.63, 3.8) is 0 Å². The van der Waals surface area contributed by atoms with Gasteiger partial charge in [0, 0.05) is 51.5 Å². The number of anilines is 2. The summed E-state index contributed by atoms with van der Waals surface area (Å²) in [6.45, 7) is 7.08. The summed E-state index contributed by atoms with van der Waals surface area (Å²) < 4.78 is 86.3. The van der Waals surface area contributed by atoms with Crippen molar-refractivity contribution in [2.45, 2.75) is 13.1 Å². The van der Waals surface area contributed by atoms with E-state index in [-0.39, 0.29) is 115 Å². The van der Waals surface area contributed by atoms with Crippen molar-refractivity contribution in [3.8, 4) is 22.9 Å². The van der Waals surface area contributed by atoms with Gasteiger partial charge in [0.05, 0.1) is 84.5 Å². The average Bonchev–Trinajstić information content (AvgIpc) is 4.02. The van der Waals surface area contributed by atoms with E-state index in [0.717, 1.165) is 49.7 Å². The quantitative estimate of drug-likeness (QED) is 0.0163. The first-order chi connectivity index (χ1) is 37.7. The molecule has 1 fully saturated rings. The maximum atomic E-state index is 14.6. The van der Waals surface area contributed by atoms with Gasteiger partial charge in [0.1, 0.15) is 40.2 Å². The molecule has 2 amide bonds. The van der Waals surface area contributed by atoms with E-state index in [1.807, 2.05) is 18.2 Å². The van der Waals surface area contributed by atoms with Crippen LogP contribution >= 0.6 is 11.8 Å². The fraction of sp³-hybridized carbons (Fsp3) is 0.321. The SMILES string of the molecule is CCOC(=O)C1=C(O)/C(=C\c2ccc(OCCOCCOCCOCCNC(=O)NCCN3CCN(c4ccc5nc(-c6c(N)c7c(F)cccc7[nH]c6=O)[nH]c5c4)CC3)c(OC(=O)C(F)(F)F)c2)SC1=Nc1ccccc1. The third-order valence-corrected chi connectivity index (χ3v) is 13.0. The number of urea groups is 1. The van der Waals surface area contributed by atoms with Gasteiger partial charge in [-0.05, 0) is 73.2 Å². The third kappa shape index (κ3) is 14.5. The number of fused-ring (bicyclic) bond motifs is 2. The standard InChI is InChI=1S/C53H55F4N9O11S/c1-2-75-50(69)44-46(67)41(78-49(44)61-33-7-4-3-5-8-33)30-32-11-14-39(40(29-32)77-51(70)53(55,56)57)76-28-27-74-26-25-73-24-23-72-22-16-60-52(71)59-15-17-65-18-20-66(21-19-65)34-12-13-36-38(31-34)63-47(62-36)43-45(58)42-35(54)9-6-10-37(42)64-48(43)68/h3-14,29-31,67H,2,15-28H2,1H3,(H,62,63)(H3,58,64,68)(H2,59,60,71)/b41-30+,61-49?. The van der Waals surface area contributed by atoms with Gasteiger partial charge in [-0.2, -0.15) is 13.2 Å². The van der Waals surface area contributed by atoms with Crippen LogP contribution in [0, 0.1) is 5.82 Å². The molecule has 0 atom stereocenters. The largest absolute Gasteiger partial charge is 0.506 e. The van der Waals surface area contributed by atoms with Crippen LogP contribution in [0.3, 0.4) is 0 Å². The molecule has 2 aliphatic heterocycles. The predicted molar refractivity (Wildman–Crippen MR) is 286 cm³/mol. The number of aromatic nitrogens is 3. The molecule has 6 aromatic rings. The van der Waals surface area contributed by atoms with Gasteiger partial charge in [0.15, 0.2) is 11.5 Å². The minimum atomic E-state index is -5.30. The van der Waals surface area contributed by atoms with Crippen LogP contribution in [0.15, 0.2) is 111 Å². The maximum absolute atomic E-state index is 14.6. The highest BCUT2D eigenvalue weighted by Crippen LogP contribution is 2.41. The van der Waals surface area contributed by atoms with E-state index < -0.39 is 41.0 Å². The minimum Gasteiger partial charge on any atom is -0.506 e. The first-order valence-electron chi connectivity index (χ1n) is 24.7. The van der Waals surface area contributed by atoms with Crippen molar-refractivity contribution < 1.29 is 65.5 Å². The van der Waals surface area contributed by atoms with Crippen LogP contribution in [0.1, 0.15) is 12.5 Å². The lowest BCUT2D eigenvalue weighted by Crippen LogP contribution is -2.49. The second kappa shape index (κ2) is 26.4. The van der Waals surface area contributed by atoms with Crippen LogP contribution < -0.4 is 36.3 Å². The van der Waals surface area contributed by atoms with Crippen LogP contribution in [-0.4, -0.2) is 153 Å². The number of nitrogens with zero attached hydrogens (tertiary/aromatic N) is 4. The summed E-state index contributed by atoms with van der Waals surface area (Å²) in [5.41, 5.74) is 9.05. The number of amides is 2. The van der Waals surface area contributed by atoms with Gasteiger partial charge in [-0.25, -0.2) is 28.8 Å². The molecule has 78 heavy (non-hydrogen) atoms. The molecule has 7 N–H and O–H groups in total. The highest BCUT2D eigenvalue weighted by molar-refractivity contribution is 8.18. The number of carbonyl (C=O) groups is 3. The number of nitrogens with one attached hydrogen (secondary N) is 4. The third-order valence-electron chi connectivity index (χ3n) is 12.0. The molecular formula is C53H55F4N9O11S. The van der Waals surface area contributed by atoms with Crippen molar-refractivity contribution in [1.29, 1.82) is 0 Å². The lowest BCUT2D eigenvalue weighted by molar-refractivity contribution is -0.189. The second-order valence-electron chi connectivity index (χ2n) is 17.3. The first-order valence-corrected chi connectivity index (χ1v) is 25.5. The number of H-pyrrole nitrogens is 2. The van der Waals surface area contributed by atoms with Gasteiger partial charge in [-0.3, -0.25) is 9.69 Å². The molecule has 4 aromatic carbocycles. The van der Waals surface area contributed by atoms with E-state index in [9.17, 15) is 41.8 Å². The predicted octanol–water partition coefficient (Wildman–Crippen LogP) is 7.00. The van der Waals surface area contributed by atoms with E-state index in [2.05, 4.69) is 45.1 Å². The summed E-state index contributed by atoms with van der Waals surface area (Å²) >= 11 is 0.940. The van der Waals surface area contributed by atoms with E-state index in [4.69, 9.17) is 29.4 Å². The summed E-state index contributed by atoms with van der Waals surface area (Å²) in [6, 6.07) is 22.4. The Morgan fingerprint density at radius 3 is 2.29 bits per heavy atom. The number of benzene rings is 4. The zero-order chi connectivity index (χ0) is 55.2. The zero-order valence-electron chi connectivity index (χ0n) is 42.1. The van der Waals surface area contributed by atoms with Crippen LogP contribution in [0.4, 0.5) is 39.4 Å². The van der Waals surface area contributed by atoms with Crippen LogP contribution in [0.25, 0.3) is 39.4 Å². The van der Waals surface area contributed by atoms with E-state index in [1.165, 1.54) is 30.3 Å². The Bertz CT molecular complexity index is 3270. The van der Waals surface area contributed by atoms with Crippen LogP contribution in [0.2, 0.25) is 0 Å². The molecule has 4 heterocycles. The monoisotopic (exact) mass is 1100 g/mol. The van der Waals surface area contributed by atoms with Crippen molar-refractivity contribution in [2.75, 3.05) is 109 Å². The van der Waals surface area contributed by atoms with Crippen molar-refractivity contribution >= 4 is 79.8 Å². The fourth-order valence-corrected chi connectivity index (χ4v) is 9.26. The molecule has 0 spiro atoms. The Morgan fingerprint density at radius 2 is 1.56 bits per heavy atom. The number of carbonyl (C=O) groups excluding carboxylic acids is 3. The smallest absolute Gasteiger partial charge is 0.491 e. The van der Waals surface area contributed by atoms with Gasteiger partial charge >= 0.3 is 24.1 Å². The average molecular weight is 1100 g/mol. The number of ether oxygens (including phenoxy) is 6. The minimum absolute atomic E-state index is 0.00745. The van der Waals surface area contributed by atoms with Crippen molar-refractivity contribution in [3.05, 3.63) is 123 Å². The number of halogens is 4. The molecule has 2 aliphatic rings. The lowest BCUT2D eigenvalue weighted by Gasteiger charge is -2.36. The number of nitrogens with two attached hydrogens (primary N) is 1. The molecule has 2 aromatic heterocycles. The number of aliphatic imine (C=N–C) groups is 1. The Labute approximate surface area is 447 Å². The van der Waals surface area contributed by atoms with E-state index in [0.29, 0.717) is 35.3 Å². The number of pyridine rings is 1. The number of rotatable bonds is 23. The Balaban J connectivity index is 0.683. The number of hydrogen-bond acceptors (Lipinski definition) is 17. The molecule has 0 bridgehead atoms. The van der Waals surface area contributed by atoms with Crippen molar-refractivity contribution in [2.24, 2.45) is 4.99 Å². The number of para-hydroxylation sites is 1. The Morgan fingerprint density at radius 1 is 0.846 bits per heavy atom. The fourth-order valence-electron chi connectivity index (χ4n) is 8.22. The first kappa shape index (κ1) is 56.2. The zero-order valence-corrected chi connectivity index (χ0v) is 42.9. The number of aliphatic hydroxyl groups excluding tert-OH is 1. The molecule has 412 valence electrons. The molecule has 8 rings (SSSR count).